The molecule has 0 aliphatic heterocycles. The molecular weight excluding hydrogens is 1290 g/mol. The molecule has 0 saturated carbocycles. The molecule has 0 spiro atoms. The van der Waals surface area contributed by atoms with E-state index in [1.54, 1.807) is 0 Å². The van der Waals surface area contributed by atoms with Gasteiger partial charge in [-0.25, -0.2) is 9.13 Å². The van der Waals surface area contributed by atoms with Crippen molar-refractivity contribution in [2.75, 3.05) is 39.6 Å². The van der Waals surface area contributed by atoms with Crippen molar-refractivity contribution in [3.63, 3.8) is 0 Å². The summed E-state index contributed by atoms with van der Waals surface area (Å²) in [5.41, 5.74) is 0. The number of phosphoric ester groups is 2. The average molecular weight is 1450 g/mol. The van der Waals surface area contributed by atoms with Gasteiger partial charge in [-0.15, -0.1) is 0 Å². The maximum atomic E-state index is 13.1. The Kier molecular flexibility index (Phi) is 69.0. The molecule has 3 unspecified atom stereocenters. The molecule has 0 fully saturated rings. The highest BCUT2D eigenvalue weighted by Crippen LogP contribution is 2.45. The topological polar surface area (TPSA) is 237 Å². The van der Waals surface area contributed by atoms with Gasteiger partial charge in [0.25, 0.3) is 0 Å². The number of ether oxygens (including phenoxy) is 4. The standard InChI is InChI=1S/C80H156O17P2/c1-8-10-11-12-13-14-15-19-27-34-42-49-56-63-79(84)97-76(68-91-78(83)62-55-48-41-36-29-31-38-45-52-59-72(5)6)70-95-99(88,89)93-66-74(81)65-92-98(86,87)94-69-75(67-90-77(82)61-54-47-40-33-26-23-18-20-24-30-37-44-51-58-71(3)4)96-80(85)64-57-50-43-35-28-22-17-16-21-25-32-39-46-53-60-73(7)9-2/h71-76,81H,8-70H2,1-7H3,(H,86,87)(H,88,89)/t73?,74-,75-,76-/m1/s1. The smallest absolute Gasteiger partial charge is 0.462 e. The second kappa shape index (κ2) is 70.4. The predicted molar refractivity (Wildman–Crippen MR) is 405 cm³/mol. The van der Waals surface area contributed by atoms with Gasteiger partial charge in [0, 0.05) is 25.7 Å². The molecule has 0 amide bonds. The Morgan fingerprint density at radius 3 is 0.768 bits per heavy atom. The van der Waals surface area contributed by atoms with Gasteiger partial charge in [-0.1, -0.05) is 363 Å². The van der Waals surface area contributed by atoms with Crippen LogP contribution in [0.25, 0.3) is 0 Å². The molecule has 19 heteroatoms. The van der Waals surface area contributed by atoms with E-state index in [0.29, 0.717) is 25.7 Å². The lowest BCUT2D eigenvalue weighted by Gasteiger charge is -2.21. The fourth-order valence-electron chi connectivity index (χ4n) is 12.3. The third-order valence-corrected chi connectivity index (χ3v) is 20.9. The second-order valence-electron chi connectivity index (χ2n) is 30.0. The molecule has 0 aliphatic carbocycles. The molecule has 0 radical (unpaired) electrons. The zero-order valence-electron chi connectivity index (χ0n) is 65.0. The number of carbonyl (C=O) groups excluding carboxylic acids is 4. The van der Waals surface area contributed by atoms with Gasteiger partial charge in [-0.05, 0) is 43.4 Å². The van der Waals surface area contributed by atoms with Gasteiger partial charge < -0.3 is 33.8 Å². The van der Waals surface area contributed by atoms with E-state index in [-0.39, 0.29) is 25.7 Å². The van der Waals surface area contributed by atoms with Crippen LogP contribution in [-0.4, -0.2) is 96.7 Å². The van der Waals surface area contributed by atoms with Gasteiger partial charge in [0.1, 0.15) is 19.3 Å². The lowest BCUT2D eigenvalue weighted by atomic mass is 9.99. The Balaban J connectivity index is 5.26. The van der Waals surface area contributed by atoms with E-state index in [0.717, 1.165) is 108 Å². The number of rotatable bonds is 78. The third kappa shape index (κ3) is 72.8. The Labute approximate surface area is 607 Å². The molecule has 0 rings (SSSR count). The molecule has 99 heavy (non-hydrogen) atoms. The molecule has 0 saturated heterocycles. The molecular formula is C80H156O17P2. The third-order valence-electron chi connectivity index (χ3n) is 19.0. The number of aliphatic hydroxyl groups excluding tert-OH is 1. The van der Waals surface area contributed by atoms with Crippen LogP contribution in [0.3, 0.4) is 0 Å². The molecule has 0 bridgehead atoms. The van der Waals surface area contributed by atoms with Crippen molar-refractivity contribution in [2.24, 2.45) is 17.8 Å². The first-order valence-corrected chi connectivity index (χ1v) is 44.4. The first-order chi connectivity index (χ1) is 47.8. The van der Waals surface area contributed by atoms with Crippen LogP contribution >= 0.6 is 15.6 Å². The van der Waals surface area contributed by atoms with E-state index in [9.17, 15) is 43.2 Å². The highest BCUT2D eigenvalue weighted by atomic mass is 31.2. The van der Waals surface area contributed by atoms with Crippen LogP contribution in [0.4, 0.5) is 0 Å². The highest BCUT2D eigenvalue weighted by molar-refractivity contribution is 7.47. The summed E-state index contributed by atoms with van der Waals surface area (Å²) < 4.78 is 68.7. The first-order valence-electron chi connectivity index (χ1n) is 41.4. The van der Waals surface area contributed by atoms with Gasteiger partial charge in [0.15, 0.2) is 12.2 Å². The largest absolute Gasteiger partial charge is 0.472 e. The van der Waals surface area contributed by atoms with Crippen LogP contribution in [-0.2, 0) is 65.4 Å². The van der Waals surface area contributed by atoms with Gasteiger partial charge in [0.05, 0.1) is 26.4 Å². The van der Waals surface area contributed by atoms with E-state index in [2.05, 4.69) is 48.5 Å². The first kappa shape index (κ1) is 97.1. The minimum absolute atomic E-state index is 0.107. The van der Waals surface area contributed by atoms with Crippen LogP contribution in [0.15, 0.2) is 0 Å². The fourth-order valence-corrected chi connectivity index (χ4v) is 13.9. The van der Waals surface area contributed by atoms with Crippen LogP contribution in [0.2, 0.25) is 0 Å². The lowest BCUT2D eigenvalue weighted by Crippen LogP contribution is -2.30. The summed E-state index contributed by atoms with van der Waals surface area (Å²) >= 11 is 0. The van der Waals surface area contributed by atoms with E-state index in [1.165, 1.54) is 225 Å². The van der Waals surface area contributed by atoms with Gasteiger partial charge in [-0.3, -0.25) is 37.3 Å². The van der Waals surface area contributed by atoms with Crippen LogP contribution in [0.1, 0.15) is 414 Å². The van der Waals surface area contributed by atoms with Crippen LogP contribution < -0.4 is 0 Å². The van der Waals surface area contributed by atoms with E-state index >= 15 is 0 Å². The van der Waals surface area contributed by atoms with Crippen molar-refractivity contribution in [3.05, 3.63) is 0 Å². The summed E-state index contributed by atoms with van der Waals surface area (Å²) in [5.74, 6) is 0.271. The summed E-state index contributed by atoms with van der Waals surface area (Å²) in [6.45, 7) is 12.0. The zero-order valence-corrected chi connectivity index (χ0v) is 66.8. The number of hydrogen-bond acceptors (Lipinski definition) is 15. The van der Waals surface area contributed by atoms with Crippen LogP contribution in [0, 0.1) is 17.8 Å². The summed E-state index contributed by atoms with van der Waals surface area (Å²) in [6, 6.07) is 0. The Hall–Kier alpha value is -1.94. The molecule has 17 nitrogen and oxygen atoms in total. The highest BCUT2D eigenvalue weighted by Gasteiger charge is 2.30. The minimum Gasteiger partial charge on any atom is -0.462 e. The molecule has 0 aliphatic rings. The fraction of sp³-hybridized carbons (Fsp3) is 0.950. The van der Waals surface area contributed by atoms with Crippen molar-refractivity contribution >= 4 is 39.5 Å². The quantitative estimate of drug-likeness (QED) is 0.0222. The van der Waals surface area contributed by atoms with Crippen molar-refractivity contribution in [1.82, 2.24) is 0 Å². The zero-order chi connectivity index (χ0) is 73.0. The monoisotopic (exact) mass is 1450 g/mol. The van der Waals surface area contributed by atoms with Gasteiger partial charge in [0.2, 0.25) is 0 Å². The van der Waals surface area contributed by atoms with Crippen molar-refractivity contribution in [2.45, 2.75) is 433 Å². The Bertz CT molecular complexity index is 1920. The molecule has 588 valence electrons. The van der Waals surface area contributed by atoms with Crippen molar-refractivity contribution < 1.29 is 80.2 Å². The maximum absolute atomic E-state index is 13.1. The van der Waals surface area contributed by atoms with Gasteiger partial charge >= 0.3 is 39.5 Å². The molecule has 0 aromatic heterocycles. The van der Waals surface area contributed by atoms with E-state index < -0.39 is 97.5 Å². The number of carbonyl (C=O) groups is 4. The number of phosphoric acid groups is 2. The Morgan fingerprint density at radius 1 is 0.293 bits per heavy atom. The minimum atomic E-state index is -4.96. The SMILES string of the molecule is CCCCCCCCCCCCCCCC(=O)O[C@H](COC(=O)CCCCCCCCCCCC(C)C)COP(=O)(O)OC[C@H](O)COP(=O)(O)OC[C@@H](COC(=O)CCCCCCCCCCCCCCCC(C)C)OC(=O)CCCCCCCCCCCCCCCCC(C)CC. The van der Waals surface area contributed by atoms with Crippen molar-refractivity contribution in [3.8, 4) is 0 Å². The lowest BCUT2D eigenvalue weighted by molar-refractivity contribution is -0.161. The average Bonchev–Trinajstić information content (AvgIpc) is 1.16. The molecule has 6 atom stereocenters. The number of hydrogen-bond donors (Lipinski definition) is 3. The summed E-state index contributed by atoms with van der Waals surface area (Å²) in [6.07, 6.45) is 58.1. The van der Waals surface area contributed by atoms with Crippen LogP contribution in [0.5, 0.6) is 0 Å². The summed E-state index contributed by atoms with van der Waals surface area (Å²) in [4.78, 5) is 73.0. The van der Waals surface area contributed by atoms with E-state index in [4.69, 9.17) is 37.0 Å². The van der Waals surface area contributed by atoms with Crippen molar-refractivity contribution in [1.29, 1.82) is 0 Å². The number of aliphatic hydroxyl groups is 1. The summed E-state index contributed by atoms with van der Waals surface area (Å²) in [7, 11) is -9.92. The maximum Gasteiger partial charge on any atom is 0.472 e. The molecule has 0 aromatic rings. The van der Waals surface area contributed by atoms with Gasteiger partial charge in [-0.2, -0.15) is 0 Å². The molecule has 0 heterocycles. The number of unbranched alkanes of at least 4 members (excludes halogenated alkanes) is 45. The normalized spacial score (nSPS) is 14.3. The predicted octanol–water partition coefficient (Wildman–Crippen LogP) is 23.7. The molecule has 3 N–H and O–H groups in total. The summed E-state index contributed by atoms with van der Waals surface area (Å²) in [5, 5.41) is 10.6. The molecule has 0 aromatic carbocycles. The Morgan fingerprint density at radius 2 is 0.515 bits per heavy atom. The number of esters is 4. The van der Waals surface area contributed by atoms with E-state index in [1.807, 2.05) is 0 Å². The second-order valence-corrected chi connectivity index (χ2v) is 32.9.